The molecule has 0 saturated carbocycles. The Morgan fingerprint density at radius 2 is 1.88 bits per heavy atom. The number of aromatic nitrogens is 1. The SMILES string of the molecule is O=C(O)c1ccn(Cc2c(F)cccc2F)c1. The van der Waals surface area contributed by atoms with E-state index in [1.165, 1.54) is 41.2 Å². The van der Waals surface area contributed by atoms with Crippen LogP contribution in [0.15, 0.2) is 36.7 Å². The van der Waals surface area contributed by atoms with Gasteiger partial charge in [-0.3, -0.25) is 0 Å². The molecule has 0 aliphatic heterocycles. The summed E-state index contributed by atoms with van der Waals surface area (Å²) >= 11 is 0. The molecule has 1 heterocycles. The highest BCUT2D eigenvalue weighted by molar-refractivity contribution is 5.87. The maximum absolute atomic E-state index is 13.3. The third-order valence-corrected chi connectivity index (χ3v) is 2.40. The van der Waals surface area contributed by atoms with Gasteiger partial charge in [0.2, 0.25) is 0 Å². The fraction of sp³-hybridized carbons (Fsp3) is 0.0833. The monoisotopic (exact) mass is 237 g/mol. The Labute approximate surface area is 95.9 Å². The van der Waals surface area contributed by atoms with E-state index in [0.29, 0.717) is 0 Å². The highest BCUT2D eigenvalue weighted by Gasteiger charge is 2.10. The summed E-state index contributed by atoms with van der Waals surface area (Å²) in [6.45, 7) is -0.0359. The largest absolute Gasteiger partial charge is 0.478 e. The van der Waals surface area contributed by atoms with Crippen molar-refractivity contribution in [1.82, 2.24) is 4.57 Å². The van der Waals surface area contributed by atoms with Gasteiger partial charge >= 0.3 is 5.97 Å². The van der Waals surface area contributed by atoms with E-state index in [0.717, 1.165) is 0 Å². The van der Waals surface area contributed by atoms with Gasteiger partial charge in [-0.1, -0.05) is 6.07 Å². The van der Waals surface area contributed by atoms with E-state index in [1.54, 1.807) is 0 Å². The molecule has 5 heteroatoms. The zero-order valence-corrected chi connectivity index (χ0v) is 8.73. The van der Waals surface area contributed by atoms with Crippen molar-refractivity contribution in [3.63, 3.8) is 0 Å². The number of halogens is 2. The second kappa shape index (κ2) is 4.37. The zero-order valence-electron chi connectivity index (χ0n) is 8.73. The molecule has 1 aromatic carbocycles. The van der Waals surface area contributed by atoms with Gasteiger partial charge in [0, 0.05) is 18.0 Å². The lowest BCUT2D eigenvalue weighted by molar-refractivity contribution is 0.0697. The number of benzene rings is 1. The standard InChI is InChI=1S/C12H9F2NO2/c13-10-2-1-3-11(14)9(10)7-15-5-4-8(6-15)12(16)17/h1-6H,7H2,(H,16,17). The first-order valence-electron chi connectivity index (χ1n) is 4.90. The molecule has 0 unspecified atom stereocenters. The van der Waals surface area contributed by atoms with Gasteiger partial charge in [0.05, 0.1) is 12.1 Å². The number of carboxylic acid groups (broad SMARTS) is 1. The average Bonchev–Trinajstić information content (AvgIpc) is 2.72. The van der Waals surface area contributed by atoms with Crippen molar-refractivity contribution in [1.29, 1.82) is 0 Å². The van der Waals surface area contributed by atoms with Crippen molar-refractivity contribution in [2.75, 3.05) is 0 Å². The van der Waals surface area contributed by atoms with Gasteiger partial charge in [-0.05, 0) is 18.2 Å². The third-order valence-electron chi connectivity index (χ3n) is 2.40. The Morgan fingerprint density at radius 1 is 1.24 bits per heavy atom. The minimum absolute atomic E-state index is 0.0359. The number of rotatable bonds is 3. The third kappa shape index (κ3) is 2.33. The van der Waals surface area contributed by atoms with E-state index in [4.69, 9.17) is 5.11 Å². The summed E-state index contributed by atoms with van der Waals surface area (Å²) in [5, 5.41) is 8.71. The number of hydrogen-bond donors (Lipinski definition) is 1. The molecular formula is C12H9F2NO2. The quantitative estimate of drug-likeness (QED) is 0.891. The maximum Gasteiger partial charge on any atom is 0.337 e. The number of nitrogens with zero attached hydrogens (tertiary/aromatic N) is 1. The van der Waals surface area contributed by atoms with Crippen LogP contribution in [0.1, 0.15) is 15.9 Å². The molecule has 0 saturated heterocycles. The lowest BCUT2D eigenvalue weighted by Crippen LogP contribution is -2.03. The van der Waals surface area contributed by atoms with Crippen molar-refractivity contribution >= 4 is 5.97 Å². The second-order valence-electron chi connectivity index (χ2n) is 3.58. The van der Waals surface area contributed by atoms with Crippen LogP contribution in [-0.2, 0) is 6.54 Å². The fourth-order valence-corrected chi connectivity index (χ4v) is 1.53. The predicted molar refractivity (Wildman–Crippen MR) is 56.9 cm³/mol. The predicted octanol–water partition coefficient (Wildman–Crippen LogP) is 2.51. The molecule has 1 N–H and O–H groups in total. The molecule has 0 radical (unpaired) electrons. The first-order chi connectivity index (χ1) is 8.08. The van der Waals surface area contributed by atoms with Crippen molar-refractivity contribution < 1.29 is 18.7 Å². The Morgan fingerprint density at radius 3 is 2.41 bits per heavy atom. The molecule has 88 valence electrons. The fourth-order valence-electron chi connectivity index (χ4n) is 1.53. The van der Waals surface area contributed by atoms with E-state index >= 15 is 0 Å². The normalized spacial score (nSPS) is 10.5. The lowest BCUT2D eigenvalue weighted by Gasteiger charge is -2.05. The van der Waals surface area contributed by atoms with Gasteiger partial charge in [0.25, 0.3) is 0 Å². The molecule has 3 nitrogen and oxygen atoms in total. The molecule has 0 amide bonds. The van der Waals surface area contributed by atoms with Crippen LogP contribution < -0.4 is 0 Å². The van der Waals surface area contributed by atoms with Crippen LogP contribution in [0, 0.1) is 11.6 Å². The van der Waals surface area contributed by atoms with Crippen LogP contribution >= 0.6 is 0 Å². The molecule has 17 heavy (non-hydrogen) atoms. The van der Waals surface area contributed by atoms with Crippen LogP contribution in [0.2, 0.25) is 0 Å². The Balaban J connectivity index is 2.28. The van der Waals surface area contributed by atoms with E-state index in [-0.39, 0.29) is 17.7 Å². The van der Waals surface area contributed by atoms with Crippen LogP contribution in [0.5, 0.6) is 0 Å². The number of carbonyl (C=O) groups is 1. The molecule has 0 atom stereocenters. The van der Waals surface area contributed by atoms with Crippen molar-refractivity contribution in [2.45, 2.75) is 6.54 Å². The molecule has 0 fully saturated rings. The Bertz CT molecular complexity index is 543. The minimum atomic E-state index is -1.07. The number of aromatic carboxylic acids is 1. The molecule has 0 aliphatic rings. The Kier molecular flexibility index (Phi) is 2.91. The highest BCUT2D eigenvalue weighted by Crippen LogP contribution is 2.14. The summed E-state index contributed by atoms with van der Waals surface area (Å²) < 4.78 is 28.1. The highest BCUT2D eigenvalue weighted by atomic mass is 19.1. The first-order valence-corrected chi connectivity index (χ1v) is 4.90. The van der Waals surface area contributed by atoms with Gasteiger partial charge in [-0.25, -0.2) is 13.6 Å². The van der Waals surface area contributed by atoms with E-state index in [1.807, 2.05) is 0 Å². The van der Waals surface area contributed by atoms with Crippen molar-refractivity contribution in [3.05, 3.63) is 59.4 Å². The molecule has 2 aromatic rings. The van der Waals surface area contributed by atoms with Crippen LogP contribution in [0.3, 0.4) is 0 Å². The molecule has 0 aliphatic carbocycles. The average molecular weight is 237 g/mol. The van der Waals surface area contributed by atoms with Crippen LogP contribution in [-0.4, -0.2) is 15.6 Å². The van der Waals surface area contributed by atoms with Gasteiger partial charge < -0.3 is 9.67 Å². The summed E-state index contributed by atoms with van der Waals surface area (Å²) in [5.74, 6) is -2.36. The summed E-state index contributed by atoms with van der Waals surface area (Å²) in [6, 6.07) is 4.99. The Hall–Kier alpha value is -2.17. The molecule has 1 aromatic heterocycles. The van der Waals surface area contributed by atoms with E-state index in [2.05, 4.69) is 0 Å². The van der Waals surface area contributed by atoms with Crippen molar-refractivity contribution in [3.8, 4) is 0 Å². The van der Waals surface area contributed by atoms with Gasteiger partial charge in [0.1, 0.15) is 11.6 Å². The topological polar surface area (TPSA) is 42.2 Å². The second-order valence-corrected chi connectivity index (χ2v) is 3.58. The summed E-state index contributed by atoms with van der Waals surface area (Å²) in [7, 11) is 0. The number of carboxylic acids is 1. The summed E-state index contributed by atoms with van der Waals surface area (Å²) in [6.07, 6.45) is 2.80. The van der Waals surface area contributed by atoms with Crippen LogP contribution in [0.4, 0.5) is 8.78 Å². The first kappa shape index (κ1) is 11.3. The van der Waals surface area contributed by atoms with Gasteiger partial charge in [0.15, 0.2) is 0 Å². The van der Waals surface area contributed by atoms with Crippen molar-refractivity contribution in [2.24, 2.45) is 0 Å². The van der Waals surface area contributed by atoms with Crippen LogP contribution in [0.25, 0.3) is 0 Å². The summed E-state index contributed by atoms with van der Waals surface area (Å²) in [4.78, 5) is 10.6. The smallest absolute Gasteiger partial charge is 0.337 e. The maximum atomic E-state index is 13.3. The molecular weight excluding hydrogens is 228 g/mol. The molecule has 0 bridgehead atoms. The molecule has 0 spiro atoms. The van der Waals surface area contributed by atoms with E-state index in [9.17, 15) is 13.6 Å². The lowest BCUT2D eigenvalue weighted by atomic mass is 10.2. The minimum Gasteiger partial charge on any atom is -0.478 e. The summed E-state index contributed by atoms with van der Waals surface area (Å²) in [5.41, 5.74) is 0.00165. The number of hydrogen-bond acceptors (Lipinski definition) is 1. The zero-order chi connectivity index (χ0) is 12.4. The van der Waals surface area contributed by atoms with Gasteiger partial charge in [-0.2, -0.15) is 0 Å². The van der Waals surface area contributed by atoms with Gasteiger partial charge in [-0.15, -0.1) is 0 Å². The van der Waals surface area contributed by atoms with E-state index < -0.39 is 17.6 Å². The molecule has 2 rings (SSSR count).